The van der Waals surface area contributed by atoms with Gasteiger partial charge in [0.05, 0.1) is 10.9 Å². The third-order valence-electron chi connectivity index (χ3n) is 8.10. The third-order valence-corrected chi connectivity index (χ3v) is 8.10. The minimum Gasteiger partial charge on any atom is -0.507 e. The first-order valence-corrected chi connectivity index (χ1v) is 13.4. The highest BCUT2D eigenvalue weighted by atomic mass is 16.5. The fraction of sp³-hybridized carbons (Fsp3) is 0.333. The molecule has 0 radical (unpaired) electrons. The van der Waals surface area contributed by atoms with E-state index in [2.05, 4.69) is 20.4 Å². The van der Waals surface area contributed by atoms with Crippen LogP contribution in [0.4, 0.5) is 0 Å². The number of aromatic hydroxyl groups is 1. The van der Waals surface area contributed by atoms with Gasteiger partial charge in [0.25, 0.3) is 0 Å². The number of rotatable bonds is 4. The highest BCUT2D eigenvalue weighted by molar-refractivity contribution is 5.93. The van der Waals surface area contributed by atoms with E-state index in [1.807, 2.05) is 32.9 Å². The lowest BCUT2D eigenvalue weighted by atomic mass is 9.72. The number of benzene rings is 2. The second-order valence-electron chi connectivity index (χ2n) is 12.3. The van der Waals surface area contributed by atoms with Crippen molar-refractivity contribution in [3.05, 3.63) is 92.7 Å². The molecule has 4 heterocycles. The molecule has 206 valence electrons. The van der Waals surface area contributed by atoms with Crippen molar-refractivity contribution in [3.63, 3.8) is 0 Å². The van der Waals surface area contributed by atoms with Gasteiger partial charge in [-0.15, -0.1) is 6.58 Å². The number of fused-ring (bicyclic) bond motifs is 3. The molecule has 0 fully saturated rings. The van der Waals surface area contributed by atoms with Crippen molar-refractivity contribution < 1.29 is 23.4 Å². The number of ether oxygens (including phenoxy) is 2. The van der Waals surface area contributed by atoms with Crippen LogP contribution in [0.15, 0.2) is 73.6 Å². The third kappa shape index (κ3) is 4.12. The summed E-state index contributed by atoms with van der Waals surface area (Å²) in [4.78, 5) is 24.4. The van der Waals surface area contributed by atoms with Crippen LogP contribution in [0.2, 0.25) is 0 Å². The topological polar surface area (TPSA) is 99.1 Å². The first kappa shape index (κ1) is 26.0. The molecule has 0 bridgehead atoms. The van der Waals surface area contributed by atoms with Gasteiger partial charge in [0.15, 0.2) is 0 Å². The van der Waals surface area contributed by atoms with Crippen LogP contribution in [0.1, 0.15) is 70.1 Å². The highest BCUT2D eigenvalue weighted by Gasteiger charge is 2.47. The average Bonchev–Trinajstić information content (AvgIpc) is 2.86. The van der Waals surface area contributed by atoms with Crippen molar-refractivity contribution in [2.24, 2.45) is 0 Å². The Morgan fingerprint density at radius 1 is 0.925 bits per heavy atom. The zero-order valence-electron chi connectivity index (χ0n) is 23.3. The Hall–Kier alpha value is -4.26. The van der Waals surface area contributed by atoms with Gasteiger partial charge in [0, 0.05) is 34.1 Å². The maximum absolute atomic E-state index is 12.4. The van der Waals surface area contributed by atoms with E-state index in [4.69, 9.17) is 18.3 Å². The Balaban J connectivity index is 1.57. The minimum absolute atomic E-state index is 0.00378. The van der Waals surface area contributed by atoms with Crippen molar-refractivity contribution in [2.45, 2.75) is 70.0 Å². The average molecular weight is 541 g/mol. The Morgan fingerprint density at radius 3 is 2.33 bits per heavy atom. The summed E-state index contributed by atoms with van der Waals surface area (Å²) in [6, 6.07) is 9.45. The predicted molar refractivity (Wildman–Crippen MR) is 155 cm³/mol. The van der Waals surface area contributed by atoms with Crippen molar-refractivity contribution in [3.8, 4) is 17.2 Å². The molecule has 2 aliphatic heterocycles. The summed E-state index contributed by atoms with van der Waals surface area (Å²) in [5.41, 5.74) is 0.0926. The summed E-state index contributed by atoms with van der Waals surface area (Å²) in [6.07, 6.45) is 6.87. The largest absolute Gasteiger partial charge is 0.507 e. The van der Waals surface area contributed by atoms with E-state index in [1.54, 1.807) is 30.3 Å². The van der Waals surface area contributed by atoms with Gasteiger partial charge < -0.3 is 23.4 Å². The Bertz CT molecular complexity index is 1850. The van der Waals surface area contributed by atoms with Crippen LogP contribution < -0.4 is 20.7 Å². The van der Waals surface area contributed by atoms with Crippen molar-refractivity contribution in [1.82, 2.24) is 0 Å². The molecular weight excluding hydrogens is 508 g/mol. The summed E-state index contributed by atoms with van der Waals surface area (Å²) in [5.74, 6) is 1.37. The SMILES string of the molecule is C=CC(C)(C)c1c2c3c(c4ccc(=O)oc14)OC(C)(C=Cc1c(O)ccc4ccc(=O)oc14)CC3CC(C)(C)O2. The molecule has 0 saturated carbocycles. The molecule has 2 aliphatic rings. The van der Waals surface area contributed by atoms with E-state index in [0.717, 1.165) is 17.5 Å². The van der Waals surface area contributed by atoms with Crippen molar-refractivity contribution >= 4 is 28.0 Å². The molecule has 2 aromatic heterocycles. The molecule has 2 unspecified atom stereocenters. The van der Waals surface area contributed by atoms with E-state index < -0.39 is 27.9 Å². The molecule has 6 rings (SSSR count). The maximum atomic E-state index is 12.4. The van der Waals surface area contributed by atoms with Crippen LogP contribution in [-0.2, 0) is 5.41 Å². The summed E-state index contributed by atoms with van der Waals surface area (Å²) in [6.45, 7) is 14.2. The van der Waals surface area contributed by atoms with Crippen LogP contribution in [-0.4, -0.2) is 16.3 Å². The molecule has 2 atom stereocenters. The Labute approximate surface area is 231 Å². The van der Waals surface area contributed by atoms with E-state index >= 15 is 0 Å². The van der Waals surface area contributed by atoms with Gasteiger partial charge in [0.1, 0.15) is 39.6 Å². The van der Waals surface area contributed by atoms with Crippen molar-refractivity contribution in [2.75, 3.05) is 0 Å². The van der Waals surface area contributed by atoms with Gasteiger partial charge in [-0.25, -0.2) is 9.59 Å². The summed E-state index contributed by atoms with van der Waals surface area (Å²) in [7, 11) is 0. The van der Waals surface area contributed by atoms with E-state index in [0.29, 0.717) is 45.4 Å². The van der Waals surface area contributed by atoms with Crippen LogP contribution in [0.3, 0.4) is 0 Å². The molecule has 7 nitrogen and oxygen atoms in total. The molecular formula is C33H32O7. The summed E-state index contributed by atoms with van der Waals surface area (Å²) < 4.78 is 24.7. The van der Waals surface area contributed by atoms with Crippen LogP contribution in [0, 0.1) is 0 Å². The van der Waals surface area contributed by atoms with Gasteiger partial charge in [-0.2, -0.15) is 0 Å². The van der Waals surface area contributed by atoms with Gasteiger partial charge in [-0.3, -0.25) is 0 Å². The zero-order valence-corrected chi connectivity index (χ0v) is 23.3. The van der Waals surface area contributed by atoms with Gasteiger partial charge in [-0.05, 0) is 75.9 Å². The number of hydrogen-bond acceptors (Lipinski definition) is 7. The lowest BCUT2D eigenvalue weighted by Crippen LogP contribution is -2.43. The van der Waals surface area contributed by atoms with Crippen LogP contribution in [0.25, 0.3) is 28.0 Å². The Kier molecular flexibility index (Phi) is 5.60. The van der Waals surface area contributed by atoms with Crippen LogP contribution in [0.5, 0.6) is 17.2 Å². The normalized spacial score (nSPS) is 21.7. The summed E-state index contributed by atoms with van der Waals surface area (Å²) >= 11 is 0. The molecule has 40 heavy (non-hydrogen) atoms. The first-order valence-electron chi connectivity index (χ1n) is 13.4. The summed E-state index contributed by atoms with van der Waals surface area (Å²) in [5, 5.41) is 12.0. The molecule has 7 heteroatoms. The lowest BCUT2D eigenvalue weighted by molar-refractivity contribution is 0.0319. The first-order chi connectivity index (χ1) is 18.8. The number of allylic oxidation sites excluding steroid dienone is 1. The molecule has 0 spiro atoms. The number of phenols is 1. The molecule has 2 aromatic carbocycles. The van der Waals surface area contributed by atoms with Gasteiger partial charge in [-0.1, -0.05) is 19.9 Å². The van der Waals surface area contributed by atoms with Gasteiger partial charge in [0.2, 0.25) is 0 Å². The number of hydrogen-bond donors (Lipinski definition) is 1. The Morgan fingerprint density at radius 2 is 1.60 bits per heavy atom. The van der Waals surface area contributed by atoms with Crippen molar-refractivity contribution in [1.29, 1.82) is 0 Å². The molecule has 0 aliphatic carbocycles. The quantitative estimate of drug-likeness (QED) is 0.220. The molecule has 0 amide bonds. The molecule has 4 aromatic rings. The second kappa shape index (κ2) is 8.62. The maximum Gasteiger partial charge on any atom is 0.336 e. The smallest absolute Gasteiger partial charge is 0.336 e. The second-order valence-corrected chi connectivity index (χ2v) is 12.3. The monoisotopic (exact) mass is 540 g/mol. The molecule has 1 N–H and O–H groups in total. The fourth-order valence-electron chi connectivity index (χ4n) is 6.16. The molecule has 0 saturated heterocycles. The standard InChI is InChI=1S/C33H32O7/c1-7-31(2,3)26-29-21(10-13-24(36)38-29)28-25-19(16-32(4,5)39-30(25)26)17-33(6,40-28)15-14-20-22(34)11-8-18-9-12-23(35)37-27(18)20/h7-15,19,34H,1,16-17H2,2-6H3. The van der Waals surface area contributed by atoms with E-state index in [1.165, 1.54) is 12.1 Å². The van der Waals surface area contributed by atoms with Crippen LogP contribution >= 0.6 is 0 Å². The van der Waals surface area contributed by atoms with E-state index in [9.17, 15) is 14.7 Å². The lowest BCUT2D eigenvalue weighted by Gasteiger charge is -2.47. The fourth-order valence-corrected chi connectivity index (χ4v) is 6.16. The minimum atomic E-state index is -0.801. The van der Waals surface area contributed by atoms with E-state index in [-0.39, 0.29) is 11.7 Å². The highest BCUT2D eigenvalue weighted by Crippen LogP contribution is 2.58. The van der Waals surface area contributed by atoms with Gasteiger partial charge >= 0.3 is 11.3 Å². The number of phenolic OH excluding ortho intramolecular Hbond substituents is 1. The predicted octanol–water partition coefficient (Wildman–Crippen LogP) is 6.97. The zero-order chi connectivity index (χ0) is 28.6.